The van der Waals surface area contributed by atoms with Gasteiger partial charge in [-0.25, -0.2) is 0 Å². The molecule has 0 N–H and O–H groups in total. The monoisotopic (exact) mass is 156 g/mol. The van der Waals surface area contributed by atoms with E-state index in [2.05, 4.69) is 6.92 Å². The van der Waals surface area contributed by atoms with E-state index < -0.39 is 0 Å². The molecule has 0 aromatic heterocycles. The number of ether oxygens (including phenoxy) is 1. The zero-order valence-electron chi connectivity index (χ0n) is 6.14. The van der Waals surface area contributed by atoms with E-state index in [1.807, 2.05) is 0 Å². The van der Waals surface area contributed by atoms with Crippen molar-refractivity contribution in [3.05, 3.63) is 0 Å². The molecule has 0 amide bonds. The van der Waals surface area contributed by atoms with Crippen molar-refractivity contribution in [3.63, 3.8) is 0 Å². The van der Waals surface area contributed by atoms with Gasteiger partial charge in [0.15, 0.2) is 0 Å². The van der Waals surface area contributed by atoms with Crippen molar-refractivity contribution in [2.24, 2.45) is 0 Å². The van der Waals surface area contributed by atoms with Crippen LogP contribution in [0.3, 0.4) is 0 Å². The Morgan fingerprint density at radius 2 is 2.00 bits per heavy atom. The van der Waals surface area contributed by atoms with Crippen molar-refractivity contribution in [1.29, 1.82) is 0 Å². The predicted octanol–water partition coefficient (Wildman–Crippen LogP) is 0.823. The third-order valence-electron chi connectivity index (χ3n) is 1.05. The molecule has 0 aliphatic heterocycles. The lowest BCUT2D eigenvalue weighted by atomic mass is 10.3. The molecule has 0 bridgehead atoms. The molecule has 0 aromatic rings. The summed E-state index contributed by atoms with van der Waals surface area (Å²) in [7, 11) is 0. The van der Waals surface area contributed by atoms with Crippen molar-refractivity contribution in [2.45, 2.75) is 33.1 Å². The molecule has 0 fully saturated rings. The Kier molecular flexibility index (Phi) is 11.9. The van der Waals surface area contributed by atoms with Gasteiger partial charge in [-0.3, -0.25) is 4.79 Å². The van der Waals surface area contributed by atoms with Crippen molar-refractivity contribution in [3.8, 4) is 0 Å². The fourth-order valence-electron chi connectivity index (χ4n) is 0.568. The maximum Gasteiger partial charge on any atom is 0.316 e. The molecule has 58 valence electrons. The van der Waals surface area contributed by atoms with Crippen LogP contribution < -0.4 is 0 Å². The van der Waals surface area contributed by atoms with Gasteiger partial charge in [-0.15, -0.1) is 0 Å². The van der Waals surface area contributed by atoms with Gasteiger partial charge in [0.25, 0.3) is 0 Å². The summed E-state index contributed by atoms with van der Waals surface area (Å²) in [6.07, 6.45) is 3.31. The first-order valence-corrected chi connectivity index (χ1v) is 3.40. The average Bonchev–Trinajstić information content (AvgIpc) is 1.80. The molecule has 0 saturated heterocycles. The maximum absolute atomic E-state index is 10.2. The van der Waals surface area contributed by atoms with Gasteiger partial charge in [0.1, 0.15) is 0 Å². The fraction of sp³-hybridized carbons (Fsp3) is 0.857. The molecular weight excluding hydrogens is 140 g/mol. The van der Waals surface area contributed by atoms with Crippen LogP contribution in [0.25, 0.3) is 0 Å². The van der Waals surface area contributed by atoms with Gasteiger partial charge in [0, 0.05) is 6.92 Å². The van der Waals surface area contributed by atoms with Gasteiger partial charge < -0.3 is 4.74 Å². The number of rotatable bonds is 4. The van der Waals surface area contributed by atoms with Crippen LogP contribution in [0.5, 0.6) is 0 Å². The van der Waals surface area contributed by atoms with E-state index in [1.54, 1.807) is 0 Å². The van der Waals surface area contributed by atoms with Crippen LogP contribution in [0.4, 0.5) is 0 Å². The highest BCUT2D eigenvalue weighted by Gasteiger charge is 1.89. The van der Waals surface area contributed by atoms with Crippen molar-refractivity contribution in [1.82, 2.24) is 0 Å². The molecule has 0 saturated carbocycles. The second kappa shape index (κ2) is 9.24. The summed E-state index contributed by atoms with van der Waals surface area (Å²) in [6.45, 7) is 4.14. The van der Waals surface area contributed by atoms with Crippen LogP contribution >= 0.6 is 0 Å². The van der Waals surface area contributed by atoms with Gasteiger partial charge in [0.2, 0.25) is 0 Å². The van der Waals surface area contributed by atoms with E-state index in [0.29, 0.717) is 6.61 Å². The van der Waals surface area contributed by atoms with E-state index in [9.17, 15) is 4.79 Å². The van der Waals surface area contributed by atoms with Crippen LogP contribution in [0.2, 0.25) is 0 Å². The number of hydrogen-bond acceptors (Lipinski definition) is 2. The molecule has 0 unspecified atom stereocenters. The third kappa shape index (κ3) is 11.1. The zero-order chi connectivity index (χ0) is 7.11. The zero-order valence-corrected chi connectivity index (χ0v) is 6.14. The van der Waals surface area contributed by atoms with E-state index in [4.69, 9.17) is 4.74 Å². The van der Waals surface area contributed by atoms with E-state index >= 15 is 0 Å². The summed E-state index contributed by atoms with van der Waals surface area (Å²) in [6, 6.07) is 0. The molecule has 3 heteroatoms. The Morgan fingerprint density at radius 3 is 2.40 bits per heavy atom. The van der Waals surface area contributed by atoms with Gasteiger partial charge in [-0.2, -0.15) is 0 Å². The molecule has 0 rings (SSSR count). The second-order valence-corrected chi connectivity index (χ2v) is 2.05. The quantitative estimate of drug-likeness (QED) is 0.342. The molecule has 0 aromatic carbocycles. The Hall–Kier alpha value is 0.236. The van der Waals surface area contributed by atoms with Crippen molar-refractivity contribution >= 4 is 29.0 Å². The van der Waals surface area contributed by atoms with E-state index in [0.717, 1.165) is 12.8 Å². The van der Waals surface area contributed by atoms with Crippen molar-refractivity contribution < 1.29 is 9.53 Å². The smallest absolute Gasteiger partial charge is 0.316 e. The fourth-order valence-corrected chi connectivity index (χ4v) is 0.568. The predicted molar refractivity (Wildman–Crippen MR) is 44.7 cm³/mol. The van der Waals surface area contributed by atoms with Crippen LogP contribution in [-0.4, -0.2) is 35.6 Å². The maximum atomic E-state index is 10.2. The minimum Gasteiger partial charge on any atom is -0.466 e. The largest absolute Gasteiger partial charge is 0.466 e. The highest BCUT2D eigenvalue weighted by atomic mass is 24.3. The molecule has 0 heterocycles. The highest BCUT2D eigenvalue weighted by molar-refractivity contribution is 5.75. The first kappa shape index (κ1) is 12.9. The van der Waals surface area contributed by atoms with Crippen molar-refractivity contribution in [2.75, 3.05) is 6.61 Å². The summed E-state index contributed by atoms with van der Waals surface area (Å²) in [5.41, 5.74) is 0. The molecule has 0 spiro atoms. The van der Waals surface area contributed by atoms with Gasteiger partial charge in [-0.05, 0) is 6.42 Å². The molecule has 10 heavy (non-hydrogen) atoms. The van der Waals surface area contributed by atoms with Gasteiger partial charge >= 0.3 is 29.0 Å². The normalized spacial score (nSPS) is 8.20. The molecule has 0 radical (unpaired) electrons. The molecule has 2 nitrogen and oxygen atoms in total. The Morgan fingerprint density at radius 1 is 1.40 bits per heavy atom. The lowest BCUT2D eigenvalue weighted by Gasteiger charge is -1.98. The Balaban J connectivity index is 0. The molecule has 0 aliphatic carbocycles. The standard InChI is InChI=1S/C7H14O2.Mg.2H/c1-3-4-5-6-9-7(2)8;;;/h3-6H2,1-2H3;;;. The first-order valence-electron chi connectivity index (χ1n) is 3.40. The third-order valence-corrected chi connectivity index (χ3v) is 1.05. The number of unbranched alkanes of at least 4 members (excludes halogenated alkanes) is 2. The van der Waals surface area contributed by atoms with Crippen LogP contribution in [0, 0.1) is 0 Å². The van der Waals surface area contributed by atoms with E-state index in [1.165, 1.54) is 13.3 Å². The van der Waals surface area contributed by atoms with E-state index in [-0.39, 0.29) is 29.0 Å². The van der Waals surface area contributed by atoms with Crippen LogP contribution in [0.15, 0.2) is 0 Å². The molecule has 0 atom stereocenters. The number of hydrogen-bond donors (Lipinski definition) is 0. The molecule has 0 aliphatic rings. The first-order chi connectivity index (χ1) is 4.27. The Bertz CT molecular complexity index is 83.7. The number of carbonyl (C=O) groups excluding carboxylic acids is 1. The molecular formula is C7H16MgO2. The van der Waals surface area contributed by atoms with Gasteiger partial charge in [-0.1, -0.05) is 19.8 Å². The van der Waals surface area contributed by atoms with Crippen LogP contribution in [-0.2, 0) is 9.53 Å². The summed E-state index contributed by atoms with van der Waals surface area (Å²) >= 11 is 0. The second-order valence-electron chi connectivity index (χ2n) is 2.05. The average molecular weight is 157 g/mol. The SMILES string of the molecule is CCCCCOC(C)=O.[MgH2]. The minimum absolute atomic E-state index is 0. The minimum atomic E-state index is -0.175. The Labute approximate surface area is 78.5 Å². The van der Waals surface area contributed by atoms with Gasteiger partial charge in [0.05, 0.1) is 6.61 Å². The highest BCUT2D eigenvalue weighted by Crippen LogP contribution is 1.93. The summed E-state index contributed by atoms with van der Waals surface area (Å²) in [5, 5.41) is 0. The lowest BCUT2D eigenvalue weighted by Crippen LogP contribution is -1.99. The lowest BCUT2D eigenvalue weighted by molar-refractivity contribution is -0.141. The summed E-state index contributed by atoms with van der Waals surface area (Å²) in [5.74, 6) is -0.175. The van der Waals surface area contributed by atoms with Crippen LogP contribution in [0.1, 0.15) is 33.1 Å². The topological polar surface area (TPSA) is 26.3 Å². The number of esters is 1. The number of carbonyl (C=O) groups is 1. The summed E-state index contributed by atoms with van der Waals surface area (Å²) < 4.78 is 4.70. The summed E-state index contributed by atoms with van der Waals surface area (Å²) in [4.78, 5) is 10.2.